The number of ketones is 1. The Morgan fingerprint density at radius 1 is 1.24 bits per heavy atom. The molecule has 3 saturated carbocycles. The van der Waals surface area contributed by atoms with Crippen LogP contribution in [0.2, 0.25) is 0 Å². The fraction of sp³-hybridized carbons (Fsp3) is 0.632. The fourth-order valence-electron chi connectivity index (χ4n) is 4.41. The SMILES string of the molecule is C=C1CC[C@H](O)C/C1=C/C=C1\CCC[C@]2(C)C(=O)CC[C@@H]12. The van der Waals surface area contributed by atoms with Gasteiger partial charge in [-0.25, -0.2) is 0 Å². The van der Waals surface area contributed by atoms with Crippen LogP contribution in [0.15, 0.2) is 35.5 Å². The lowest BCUT2D eigenvalue weighted by Crippen LogP contribution is -2.33. The van der Waals surface area contributed by atoms with Crippen LogP contribution in [-0.2, 0) is 4.79 Å². The smallest absolute Gasteiger partial charge is 0.139 e. The number of carbonyl (C=O) groups is 1. The Hall–Kier alpha value is -1.15. The van der Waals surface area contributed by atoms with Gasteiger partial charge in [-0.15, -0.1) is 0 Å². The van der Waals surface area contributed by atoms with Crippen LogP contribution in [-0.4, -0.2) is 17.0 Å². The fourth-order valence-corrected chi connectivity index (χ4v) is 4.41. The summed E-state index contributed by atoms with van der Waals surface area (Å²) in [7, 11) is 0. The third kappa shape index (κ3) is 2.66. The van der Waals surface area contributed by atoms with Crippen LogP contribution < -0.4 is 0 Å². The lowest BCUT2D eigenvalue weighted by Gasteiger charge is -2.36. The van der Waals surface area contributed by atoms with E-state index in [1.807, 2.05) is 0 Å². The molecule has 1 N–H and O–H groups in total. The lowest BCUT2D eigenvalue weighted by atomic mass is 9.66. The Labute approximate surface area is 127 Å². The van der Waals surface area contributed by atoms with Gasteiger partial charge in [0.2, 0.25) is 0 Å². The standard InChI is InChI=1S/C19H26O2/c1-13-5-8-16(20)12-15(13)7-6-14-4-3-11-19(2)17(14)9-10-18(19)21/h6-7,16-17,20H,1,3-5,8-12H2,2H3/b14-6+,15-7-/t16-,17-,19-/m0/s1. The number of allylic oxidation sites excluding steroid dienone is 4. The monoisotopic (exact) mass is 286 g/mol. The normalized spacial score (nSPS) is 40.9. The summed E-state index contributed by atoms with van der Waals surface area (Å²) in [6.45, 7) is 6.29. The summed E-state index contributed by atoms with van der Waals surface area (Å²) in [6.07, 6.45) is 11.7. The number of aliphatic hydroxyl groups excluding tert-OH is 1. The average Bonchev–Trinajstić information content (AvgIpc) is 2.76. The summed E-state index contributed by atoms with van der Waals surface area (Å²) >= 11 is 0. The molecule has 114 valence electrons. The van der Waals surface area contributed by atoms with E-state index in [2.05, 4.69) is 25.7 Å². The molecular weight excluding hydrogens is 260 g/mol. The molecule has 0 bridgehead atoms. The van der Waals surface area contributed by atoms with Crippen LogP contribution in [0.1, 0.15) is 58.3 Å². The van der Waals surface area contributed by atoms with Gasteiger partial charge in [-0.3, -0.25) is 4.79 Å². The highest BCUT2D eigenvalue weighted by Crippen LogP contribution is 2.52. The zero-order valence-electron chi connectivity index (χ0n) is 13.0. The number of carbonyl (C=O) groups excluding carboxylic acids is 1. The van der Waals surface area contributed by atoms with E-state index in [0.29, 0.717) is 11.7 Å². The van der Waals surface area contributed by atoms with Crippen molar-refractivity contribution in [2.75, 3.05) is 0 Å². The van der Waals surface area contributed by atoms with Crippen LogP contribution in [0.5, 0.6) is 0 Å². The molecule has 2 heteroatoms. The summed E-state index contributed by atoms with van der Waals surface area (Å²) in [5, 5.41) is 9.81. The number of rotatable bonds is 1. The summed E-state index contributed by atoms with van der Waals surface area (Å²) in [5.41, 5.74) is 3.69. The molecule has 21 heavy (non-hydrogen) atoms. The number of hydrogen-bond donors (Lipinski definition) is 1. The van der Waals surface area contributed by atoms with E-state index < -0.39 is 0 Å². The maximum Gasteiger partial charge on any atom is 0.139 e. The van der Waals surface area contributed by atoms with Gasteiger partial charge in [0.1, 0.15) is 5.78 Å². The van der Waals surface area contributed by atoms with Crippen molar-refractivity contribution in [1.82, 2.24) is 0 Å². The van der Waals surface area contributed by atoms with Gasteiger partial charge in [0.15, 0.2) is 0 Å². The first-order valence-corrected chi connectivity index (χ1v) is 8.30. The van der Waals surface area contributed by atoms with Gasteiger partial charge >= 0.3 is 0 Å². The number of fused-ring (bicyclic) bond motifs is 1. The van der Waals surface area contributed by atoms with E-state index in [1.165, 1.54) is 16.7 Å². The minimum absolute atomic E-state index is 0.105. The van der Waals surface area contributed by atoms with Crippen LogP contribution >= 0.6 is 0 Å². The topological polar surface area (TPSA) is 37.3 Å². The van der Waals surface area contributed by atoms with Crippen molar-refractivity contribution >= 4 is 5.78 Å². The van der Waals surface area contributed by atoms with Gasteiger partial charge < -0.3 is 5.11 Å². The lowest BCUT2D eigenvalue weighted by molar-refractivity contribution is -0.126. The molecule has 0 heterocycles. The van der Waals surface area contributed by atoms with E-state index in [-0.39, 0.29) is 11.5 Å². The molecule has 3 aliphatic rings. The summed E-state index contributed by atoms with van der Waals surface area (Å²) in [5.74, 6) is 0.903. The van der Waals surface area contributed by atoms with E-state index in [4.69, 9.17) is 0 Å². The Morgan fingerprint density at radius 3 is 2.86 bits per heavy atom. The molecule has 0 radical (unpaired) electrons. The Balaban J connectivity index is 1.82. The average molecular weight is 286 g/mol. The van der Waals surface area contributed by atoms with Gasteiger partial charge in [0, 0.05) is 11.8 Å². The van der Waals surface area contributed by atoms with Gasteiger partial charge in [-0.05, 0) is 56.4 Å². The number of hydrogen-bond acceptors (Lipinski definition) is 2. The number of Topliss-reactive ketones (excluding diaryl/α,β-unsaturated/α-hetero) is 1. The quantitative estimate of drug-likeness (QED) is 0.787. The molecule has 0 unspecified atom stereocenters. The Bertz CT molecular complexity index is 526. The van der Waals surface area contributed by atoms with E-state index in [1.54, 1.807) is 0 Å². The molecule has 2 nitrogen and oxygen atoms in total. The first-order chi connectivity index (χ1) is 10.0. The minimum atomic E-state index is -0.218. The zero-order valence-corrected chi connectivity index (χ0v) is 13.0. The van der Waals surface area contributed by atoms with Crippen molar-refractivity contribution < 1.29 is 9.90 Å². The third-order valence-electron chi connectivity index (χ3n) is 5.86. The molecule has 0 amide bonds. The molecule has 0 spiro atoms. The molecule has 3 aliphatic carbocycles. The Morgan fingerprint density at radius 2 is 2.05 bits per heavy atom. The van der Waals surface area contributed by atoms with E-state index in [0.717, 1.165) is 51.4 Å². The van der Waals surface area contributed by atoms with Crippen molar-refractivity contribution in [3.8, 4) is 0 Å². The molecule has 0 aromatic rings. The maximum absolute atomic E-state index is 12.2. The third-order valence-corrected chi connectivity index (χ3v) is 5.86. The minimum Gasteiger partial charge on any atom is -0.393 e. The van der Waals surface area contributed by atoms with Crippen molar-refractivity contribution in [2.24, 2.45) is 11.3 Å². The maximum atomic E-state index is 12.2. The summed E-state index contributed by atoms with van der Waals surface area (Å²) in [4.78, 5) is 12.2. The molecule has 3 rings (SSSR count). The predicted octanol–water partition coefficient (Wildman–Crippen LogP) is 4.11. The second-order valence-corrected chi connectivity index (χ2v) is 7.22. The van der Waals surface area contributed by atoms with E-state index in [9.17, 15) is 9.90 Å². The van der Waals surface area contributed by atoms with Crippen LogP contribution in [0, 0.1) is 11.3 Å². The van der Waals surface area contributed by atoms with Crippen molar-refractivity contribution in [1.29, 1.82) is 0 Å². The molecule has 3 fully saturated rings. The molecule has 0 aromatic carbocycles. The van der Waals surface area contributed by atoms with Gasteiger partial charge in [-0.1, -0.05) is 36.8 Å². The van der Waals surface area contributed by atoms with Gasteiger partial charge in [0.25, 0.3) is 0 Å². The molecule has 0 aromatic heterocycles. The van der Waals surface area contributed by atoms with Crippen molar-refractivity contribution in [3.05, 3.63) is 35.5 Å². The van der Waals surface area contributed by atoms with Gasteiger partial charge in [-0.2, -0.15) is 0 Å². The highest BCUT2D eigenvalue weighted by molar-refractivity contribution is 5.87. The highest BCUT2D eigenvalue weighted by Gasteiger charge is 2.48. The Kier molecular flexibility index (Phi) is 3.92. The van der Waals surface area contributed by atoms with Crippen LogP contribution in [0.3, 0.4) is 0 Å². The predicted molar refractivity (Wildman–Crippen MR) is 84.9 cm³/mol. The molecule has 0 saturated heterocycles. The highest BCUT2D eigenvalue weighted by atomic mass is 16.3. The number of aliphatic hydroxyl groups is 1. The molecule has 0 aliphatic heterocycles. The van der Waals surface area contributed by atoms with E-state index >= 15 is 0 Å². The van der Waals surface area contributed by atoms with Crippen molar-refractivity contribution in [3.63, 3.8) is 0 Å². The van der Waals surface area contributed by atoms with Crippen LogP contribution in [0.4, 0.5) is 0 Å². The first-order valence-electron chi connectivity index (χ1n) is 8.30. The first kappa shape index (κ1) is 14.8. The van der Waals surface area contributed by atoms with Crippen molar-refractivity contribution in [2.45, 2.75) is 64.4 Å². The largest absolute Gasteiger partial charge is 0.393 e. The van der Waals surface area contributed by atoms with Crippen LogP contribution in [0.25, 0.3) is 0 Å². The second kappa shape index (κ2) is 5.57. The second-order valence-electron chi connectivity index (χ2n) is 7.22. The zero-order chi connectivity index (χ0) is 15.0. The molecular formula is C19H26O2. The summed E-state index contributed by atoms with van der Waals surface area (Å²) < 4.78 is 0. The summed E-state index contributed by atoms with van der Waals surface area (Å²) in [6, 6.07) is 0. The molecule has 3 atom stereocenters. The van der Waals surface area contributed by atoms with Gasteiger partial charge in [0.05, 0.1) is 6.10 Å².